The van der Waals surface area contributed by atoms with Crippen LogP contribution in [0, 0.1) is 0 Å². The van der Waals surface area contributed by atoms with Crippen LogP contribution in [0.3, 0.4) is 0 Å². The zero-order valence-corrected chi connectivity index (χ0v) is 13.2. The van der Waals surface area contributed by atoms with Crippen molar-refractivity contribution in [2.75, 3.05) is 18.0 Å². The molecule has 2 aromatic carbocycles. The molecular weight excluding hydrogens is 305 g/mol. The quantitative estimate of drug-likeness (QED) is 0.770. The first kappa shape index (κ1) is 14.6. The smallest absolute Gasteiger partial charge is 0.138 e. The van der Waals surface area contributed by atoms with Crippen LogP contribution in [0.25, 0.3) is 0 Å². The van der Waals surface area contributed by atoms with Crippen molar-refractivity contribution in [3.8, 4) is 5.75 Å². The van der Waals surface area contributed by atoms with Gasteiger partial charge in [0, 0.05) is 23.8 Å². The molecule has 0 bridgehead atoms. The maximum absolute atomic E-state index is 6.11. The molecule has 0 aromatic heterocycles. The van der Waals surface area contributed by atoms with Gasteiger partial charge in [-0.3, -0.25) is 0 Å². The number of hydrogen-bond acceptors (Lipinski definition) is 2. The number of anilines is 1. The summed E-state index contributed by atoms with van der Waals surface area (Å²) in [6.07, 6.45) is 2.56. The van der Waals surface area contributed by atoms with Crippen molar-refractivity contribution < 1.29 is 4.74 Å². The lowest BCUT2D eigenvalue weighted by Gasteiger charge is -2.18. The van der Waals surface area contributed by atoms with Gasteiger partial charge in [0.2, 0.25) is 0 Å². The normalized spacial score (nSPS) is 14.5. The fraction of sp³-hybridized carbons (Fsp3) is 0.294. The predicted octanol–water partition coefficient (Wildman–Crippen LogP) is 5.17. The minimum Gasteiger partial charge on any atom is -0.487 e. The van der Waals surface area contributed by atoms with E-state index in [2.05, 4.69) is 29.2 Å². The first-order valence-corrected chi connectivity index (χ1v) is 7.90. The molecule has 1 aliphatic heterocycles. The first-order chi connectivity index (χ1) is 10.2. The fourth-order valence-electron chi connectivity index (χ4n) is 2.57. The van der Waals surface area contributed by atoms with Crippen molar-refractivity contribution in [3.05, 3.63) is 58.1 Å². The van der Waals surface area contributed by atoms with Crippen LogP contribution < -0.4 is 9.64 Å². The molecule has 21 heavy (non-hydrogen) atoms. The Morgan fingerprint density at radius 3 is 2.57 bits per heavy atom. The summed E-state index contributed by atoms with van der Waals surface area (Å²) in [6.45, 7) is 2.80. The van der Waals surface area contributed by atoms with Gasteiger partial charge in [-0.25, -0.2) is 0 Å². The summed E-state index contributed by atoms with van der Waals surface area (Å²) < 4.78 is 5.79. The van der Waals surface area contributed by atoms with E-state index < -0.39 is 0 Å². The lowest BCUT2D eigenvalue weighted by Crippen LogP contribution is -2.17. The van der Waals surface area contributed by atoms with E-state index in [0.29, 0.717) is 22.4 Å². The van der Waals surface area contributed by atoms with E-state index in [4.69, 9.17) is 27.9 Å². The van der Waals surface area contributed by atoms with Crippen molar-refractivity contribution in [2.24, 2.45) is 0 Å². The lowest BCUT2D eigenvalue weighted by atomic mass is 10.2. The van der Waals surface area contributed by atoms with E-state index >= 15 is 0 Å². The fourth-order valence-corrected chi connectivity index (χ4v) is 3.03. The SMILES string of the molecule is Clc1ccc(OCc2cccc(N3CCCC3)c2)c(Cl)c1. The van der Waals surface area contributed by atoms with E-state index in [1.54, 1.807) is 18.2 Å². The van der Waals surface area contributed by atoms with E-state index in [0.717, 1.165) is 18.7 Å². The van der Waals surface area contributed by atoms with Gasteiger partial charge in [-0.2, -0.15) is 0 Å². The van der Waals surface area contributed by atoms with Crippen LogP contribution >= 0.6 is 23.2 Å². The molecule has 3 rings (SSSR count). The van der Waals surface area contributed by atoms with Gasteiger partial charge >= 0.3 is 0 Å². The molecule has 0 amide bonds. The van der Waals surface area contributed by atoms with E-state index in [1.807, 2.05) is 0 Å². The lowest BCUT2D eigenvalue weighted by molar-refractivity contribution is 0.306. The molecule has 2 aromatic rings. The zero-order valence-electron chi connectivity index (χ0n) is 11.7. The summed E-state index contributed by atoms with van der Waals surface area (Å²) in [5.74, 6) is 0.660. The molecular formula is C17H17Cl2NO. The van der Waals surface area contributed by atoms with Gasteiger partial charge in [0.25, 0.3) is 0 Å². The third-order valence-electron chi connectivity index (χ3n) is 3.67. The van der Waals surface area contributed by atoms with Gasteiger partial charge < -0.3 is 9.64 Å². The number of hydrogen-bond donors (Lipinski definition) is 0. The van der Waals surface area contributed by atoms with Crippen LogP contribution in [-0.4, -0.2) is 13.1 Å². The summed E-state index contributed by atoms with van der Waals surface area (Å²) in [5, 5.41) is 1.15. The highest BCUT2D eigenvalue weighted by atomic mass is 35.5. The molecule has 0 N–H and O–H groups in total. The Bertz CT molecular complexity index is 624. The minimum atomic E-state index is 0.503. The summed E-state index contributed by atoms with van der Waals surface area (Å²) in [5.41, 5.74) is 2.42. The van der Waals surface area contributed by atoms with E-state index in [9.17, 15) is 0 Å². The van der Waals surface area contributed by atoms with Crippen LogP contribution in [0.1, 0.15) is 18.4 Å². The third kappa shape index (κ3) is 3.63. The minimum absolute atomic E-state index is 0.503. The van der Waals surface area contributed by atoms with Crippen molar-refractivity contribution >= 4 is 28.9 Å². The third-order valence-corrected chi connectivity index (χ3v) is 4.20. The maximum Gasteiger partial charge on any atom is 0.138 e. The Balaban J connectivity index is 1.68. The molecule has 0 aliphatic carbocycles. The van der Waals surface area contributed by atoms with Gasteiger partial charge in [0.05, 0.1) is 5.02 Å². The standard InChI is InChI=1S/C17H17Cl2NO/c18-14-6-7-17(16(19)11-14)21-12-13-4-3-5-15(10-13)20-8-1-2-9-20/h3-7,10-11H,1-2,8-9,12H2. The Morgan fingerprint density at radius 2 is 1.81 bits per heavy atom. The Morgan fingerprint density at radius 1 is 1.00 bits per heavy atom. The van der Waals surface area contributed by atoms with Crippen molar-refractivity contribution in [3.63, 3.8) is 0 Å². The number of halogens is 2. The van der Waals surface area contributed by atoms with E-state index in [1.165, 1.54) is 18.5 Å². The largest absolute Gasteiger partial charge is 0.487 e. The molecule has 0 spiro atoms. The van der Waals surface area contributed by atoms with Crippen LogP contribution in [0.2, 0.25) is 10.0 Å². The Kier molecular flexibility index (Phi) is 4.57. The van der Waals surface area contributed by atoms with Crippen LogP contribution in [0.5, 0.6) is 5.75 Å². The highest BCUT2D eigenvalue weighted by molar-refractivity contribution is 6.35. The van der Waals surface area contributed by atoms with Crippen LogP contribution in [-0.2, 0) is 6.61 Å². The second-order valence-electron chi connectivity index (χ2n) is 5.23. The monoisotopic (exact) mass is 321 g/mol. The number of nitrogens with zero attached hydrogens (tertiary/aromatic N) is 1. The molecule has 110 valence electrons. The number of ether oxygens (including phenoxy) is 1. The van der Waals surface area contributed by atoms with Crippen molar-refractivity contribution in [1.82, 2.24) is 0 Å². The zero-order chi connectivity index (χ0) is 14.7. The second-order valence-corrected chi connectivity index (χ2v) is 6.07. The summed E-state index contributed by atoms with van der Waals surface area (Å²) in [4.78, 5) is 2.42. The summed E-state index contributed by atoms with van der Waals surface area (Å²) >= 11 is 12.0. The van der Waals surface area contributed by atoms with Crippen molar-refractivity contribution in [2.45, 2.75) is 19.4 Å². The topological polar surface area (TPSA) is 12.5 Å². The average molecular weight is 322 g/mol. The molecule has 0 unspecified atom stereocenters. The van der Waals surface area contributed by atoms with E-state index in [-0.39, 0.29) is 0 Å². The Labute approximate surface area is 135 Å². The number of rotatable bonds is 4. The molecule has 1 aliphatic rings. The van der Waals surface area contributed by atoms with Gasteiger partial charge in [-0.1, -0.05) is 35.3 Å². The van der Waals surface area contributed by atoms with Crippen LogP contribution in [0.4, 0.5) is 5.69 Å². The second kappa shape index (κ2) is 6.59. The van der Waals surface area contributed by atoms with Gasteiger partial charge in [0.15, 0.2) is 0 Å². The molecule has 2 nitrogen and oxygen atoms in total. The molecule has 4 heteroatoms. The highest BCUT2D eigenvalue weighted by Crippen LogP contribution is 2.28. The van der Waals surface area contributed by atoms with Crippen LogP contribution in [0.15, 0.2) is 42.5 Å². The number of benzene rings is 2. The molecule has 0 saturated carbocycles. The Hall–Kier alpha value is -1.38. The maximum atomic E-state index is 6.11. The molecule has 1 saturated heterocycles. The molecule has 0 radical (unpaired) electrons. The molecule has 1 heterocycles. The highest BCUT2D eigenvalue weighted by Gasteiger charge is 2.12. The summed E-state index contributed by atoms with van der Waals surface area (Å²) in [6, 6.07) is 13.8. The van der Waals surface area contributed by atoms with Gasteiger partial charge in [-0.15, -0.1) is 0 Å². The predicted molar refractivity (Wildman–Crippen MR) is 88.7 cm³/mol. The molecule has 1 fully saturated rings. The summed E-state index contributed by atoms with van der Waals surface area (Å²) in [7, 11) is 0. The average Bonchev–Trinajstić information content (AvgIpc) is 3.01. The van der Waals surface area contributed by atoms with Gasteiger partial charge in [0.1, 0.15) is 12.4 Å². The first-order valence-electron chi connectivity index (χ1n) is 7.14. The molecule has 0 atom stereocenters. The van der Waals surface area contributed by atoms with Gasteiger partial charge in [-0.05, 0) is 48.7 Å². The van der Waals surface area contributed by atoms with Crippen molar-refractivity contribution in [1.29, 1.82) is 0 Å².